The van der Waals surface area contributed by atoms with Crippen molar-refractivity contribution in [3.8, 4) is 0 Å². The number of benzene rings is 1. The number of nitrogens with zero attached hydrogens (tertiary/aromatic N) is 1. The maximum atomic E-state index is 6.24. The summed E-state index contributed by atoms with van der Waals surface area (Å²) >= 11 is 0. The van der Waals surface area contributed by atoms with Crippen molar-refractivity contribution in [3.05, 3.63) is 65.5 Å². The Labute approximate surface area is 109 Å². The van der Waals surface area contributed by atoms with E-state index in [1.54, 1.807) is 12.4 Å². The minimum Gasteiger partial charge on any atom is -0.320 e. The number of pyridine rings is 1. The highest BCUT2D eigenvalue weighted by molar-refractivity contribution is 5.32. The van der Waals surface area contributed by atoms with Gasteiger partial charge in [-0.05, 0) is 41.2 Å². The summed E-state index contributed by atoms with van der Waals surface area (Å²) in [6.07, 6.45) is 4.68. The van der Waals surface area contributed by atoms with Gasteiger partial charge in [0.1, 0.15) is 0 Å². The first-order valence-electron chi connectivity index (χ1n) is 6.41. The minimum absolute atomic E-state index is 0.0684. The van der Waals surface area contributed by atoms with Gasteiger partial charge in [-0.25, -0.2) is 0 Å². The molecule has 0 aliphatic rings. The average molecular weight is 240 g/mol. The van der Waals surface area contributed by atoms with Crippen LogP contribution in [0.3, 0.4) is 0 Å². The monoisotopic (exact) mass is 240 g/mol. The second-order valence-electron chi connectivity index (χ2n) is 5.10. The van der Waals surface area contributed by atoms with Gasteiger partial charge in [-0.2, -0.15) is 0 Å². The Kier molecular flexibility index (Phi) is 4.11. The fraction of sp³-hybridized carbons (Fsp3) is 0.312. The van der Waals surface area contributed by atoms with Gasteiger partial charge in [0.25, 0.3) is 0 Å². The summed E-state index contributed by atoms with van der Waals surface area (Å²) in [7, 11) is 0. The number of rotatable bonds is 4. The van der Waals surface area contributed by atoms with Crippen molar-refractivity contribution in [3.63, 3.8) is 0 Å². The van der Waals surface area contributed by atoms with Gasteiger partial charge in [0, 0.05) is 12.4 Å². The first kappa shape index (κ1) is 12.8. The summed E-state index contributed by atoms with van der Waals surface area (Å²) in [6.45, 7) is 4.47. The Hall–Kier alpha value is -1.67. The summed E-state index contributed by atoms with van der Waals surface area (Å²) in [4.78, 5) is 4.01. The molecule has 2 nitrogen and oxygen atoms in total. The van der Waals surface area contributed by atoms with Crippen LogP contribution in [0, 0.1) is 5.92 Å². The standard InChI is InChI=1S/C16H20N2/c1-12(2)11-13-3-5-14(6-4-13)16(17)15-7-9-18-10-8-15/h3-10,12,16H,11,17H2,1-2H3. The lowest BCUT2D eigenvalue weighted by Gasteiger charge is -2.13. The lowest BCUT2D eigenvalue weighted by Crippen LogP contribution is -2.11. The summed E-state index contributed by atoms with van der Waals surface area (Å²) < 4.78 is 0. The average Bonchev–Trinajstić information content (AvgIpc) is 2.39. The van der Waals surface area contributed by atoms with Crippen LogP contribution >= 0.6 is 0 Å². The van der Waals surface area contributed by atoms with Gasteiger partial charge in [0.2, 0.25) is 0 Å². The Bertz CT molecular complexity index is 474. The van der Waals surface area contributed by atoms with Crippen molar-refractivity contribution in [1.29, 1.82) is 0 Å². The van der Waals surface area contributed by atoms with Gasteiger partial charge in [-0.15, -0.1) is 0 Å². The molecule has 94 valence electrons. The molecule has 1 atom stereocenters. The molecule has 2 N–H and O–H groups in total. The van der Waals surface area contributed by atoms with Crippen molar-refractivity contribution in [2.24, 2.45) is 11.7 Å². The lowest BCUT2D eigenvalue weighted by atomic mass is 9.97. The van der Waals surface area contributed by atoms with E-state index >= 15 is 0 Å². The number of hydrogen-bond donors (Lipinski definition) is 1. The zero-order valence-electron chi connectivity index (χ0n) is 11.0. The molecule has 0 aliphatic carbocycles. The molecule has 1 unspecified atom stereocenters. The van der Waals surface area contributed by atoms with Crippen LogP contribution in [-0.2, 0) is 6.42 Å². The van der Waals surface area contributed by atoms with E-state index in [4.69, 9.17) is 5.73 Å². The zero-order chi connectivity index (χ0) is 13.0. The Morgan fingerprint density at radius 2 is 1.50 bits per heavy atom. The molecule has 2 heteroatoms. The fourth-order valence-corrected chi connectivity index (χ4v) is 2.10. The normalized spacial score (nSPS) is 12.7. The Balaban J connectivity index is 2.14. The van der Waals surface area contributed by atoms with Crippen LogP contribution in [-0.4, -0.2) is 4.98 Å². The molecule has 2 aromatic rings. The lowest BCUT2D eigenvalue weighted by molar-refractivity contribution is 0.647. The number of nitrogens with two attached hydrogens (primary N) is 1. The maximum Gasteiger partial charge on any atom is 0.0552 e. The van der Waals surface area contributed by atoms with E-state index in [9.17, 15) is 0 Å². The summed E-state index contributed by atoms with van der Waals surface area (Å²) in [5.41, 5.74) is 9.86. The van der Waals surface area contributed by atoms with Crippen molar-refractivity contribution in [1.82, 2.24) is 4.98 Å². The third kappa shape index (κ3) is 3.17. The van der Waals surface area contributed by atoms with E-state index in [0.29, 0.717) is 5.92 Å². The van der Waals surface area contributed by atoms with E-state index in [-0.39, 0.29) is 6.04 Å². The van der Waals surface area contributed by atoms with Gasteiger partial charge in [0.05, 0.1) is 6.04 Å². The molecule has 0 radical (unpaired) electrons. The van der Waals surface area contributed by atoms with Crippen LogP contribution < -0.4 is 5.73 Å². The Morgan fingerprint density at radius 1 is 0.944 bits per heavy atom. The van der Waals surface area contributed by atoms with Crippen LogP contribution in [0.15, 0.2) is 48.8 Å². The second kappa shape index (κ2) is 5.78. The highest BCUT2D eigenvalue weighted by atomic mass is 14.7. The van der Waals surface area contributed by atoms with Crippen molar-refractivity contribution in [2.45, 2.75) is 26.3 Å². The zero-order valence-corrected chi connectivity index (χ0v) is 11.0. The molecule has 0 amide bonds. The third-order valence-electron chi connectivity index (χ3n) is 3.05. The minimum atomic E-state index is -0.0684. The van der Waals surface area contributed by atoms with Crippen molar-refractivity contribution >= 4 is 0 Å². The topological polar surface area (TPSA) is 38.9 Å². The number of hydrogen-bond acceptors (Lipinski definition) is 2. The van der Waals surface area contributed by atoms with Gasteiger partial charge in [-0.3, -0.25) is 4.98 Å². The maximum absolute atomic E-state index is 6.24. The third-order valence-corrected chi connectivity index (χ3v) is 3.05. The van der Waals surface area contributed by atoms with E-state index in [1.165, 1.54) is 5.56 Å². The summed E-state index contributed by atoms with van der Waals surface area (Å²) in [6, 6.07) is 12.5. The van der Waals surface area contributed by atoms with E-state index in [1.807, 2.05) is 12.1 Å². The molecule has 2 rings (SSSR count). The molecule has 0 saturated heterocycles. The molecular weight excluding hydrogens is 220 g/mol. The fourth-order valence-electron chi connectivity index (χ4n) is 2.10. The predicted molar refractivity (Wildman–Crippen MR) is 75.3 cm³/mol. The van der Waals surface area contributed by atoms with Crippen LogP contribution in [0.2, 0.25) is 0 Å². The van der Waals surface area contributed by atoms with E-state index in [0.717, 1.165) is 17.5 Å². The summed E-state index contributed by atoms with van der Waals surface area (Å²) in [5, 5.41) is 0. The van der Waals surface area contributed by atoms with Crippen LogP contribution in [0.5, 0.6) is 0 Å². The molecule has 1 heterocycles. The van der Waals surface area contributed by atoms with Gasteiger partial charge in [-0.1, -0.05) is 38.1 Å². The SMILES string of the molecule is CC(C)Cc1ccc(C(N)c2ccncc2)cc1. The molecular formula is C16H20N2. The number of aromatic nitrogens is 1. The molecule has 0 spiro atoms. The van der Waals surface area contributed by atoms with Crippen LogP contribution in [0.1, 0.15) is 36.6 Å². The molecule has 0 aliphatic heterocycles. The quantitative estimate of drug-likeness (QED) is 0.890. The first-order chi connectivity index (χ1) is 8.66. The van der Waals surface area contributed by atoms with Gasteiger partial charge >= 0.3 is 0 Å². The molecule has 1 aromatic heterocycles. The molecule has 0 saturated carbocycles. The van der Waals surface area contributed by atoms with Crippen LogP contribution in [0.4, 0.5) is 0 Å². The van der Waals surface area contributed by atoms with Gasteiger partial charge < -0.3 is 5.73 Å². The smallest absolute Gasteiger partial charge is 0.0552 e. The highest BCUT2D eigenvalue weighted by Gasteiger charge is 2.08. The van der Waals surface area contributed by atoms with E-state index < -0.39 is 0 Å². The van der Waals surface area contributed by atoms with Gasteiger partial charge in [0.15, 0.2) is 0 Å². The van der Waals surface area contributed by atoms with Crippen LogP contribution in [0.25, 0.3) is 0 Å². The largest absolute Gasteiger partial charge is 0.320 e. The molecule has 18 heavy (non-hydrogen) atoms. The van der Waals surface area contributed by atoms with Crippen molar-refractivity contribution in [2.75, 3.05) is 0 Å². The Morgan fingerprint density at radius 3 is 2.06 bits per heavy atom. The highest BCUT2D eigenvalue weighted by Crippen LogP contribution is 2.20. The second-order valence-corrected chi connectivity index (χ2v) is 5.10. The van der Waals surface area contributed by atoms with E-state index in [2.05, 4.69) is 43.1 Å². The molecule has 1 aromatic carbocycles. The first-order valence-corrected chi connectivity index (χ1v) is 6.41. The molecule has 0 fully saturated rings. The van der Waals surface area contributed by atoms with Crippen molar-refractivity contribution < 1.29 is 0 Å². The summed E-state index contributed by atoms with van der Waals surface area (Å²) in [5.74, 6) is 0.685. The predicted octanol–water partition coefficient (Wildman–Crippen LogP) is 3.33. The molecule has 0 bridgehead atoms.